The molecule has 0 atom stereocenters. The summed E-state index contributed by atoms with van der Waals surface area (Å²) in [4.78, 5) is 23.9. The summed E-state index contributed by atoms with van der Waals surface area (Å²) >= 11 is 0. The number of methoxy groups -OCH3 is 1. The van der Waals surface area contributed by atoms with Gasteiger partial charge in [-0.2, -0.15) is 5.10 Å². The maximum atomic E-state index is 12.5. The van der Waals surface area contributed by atoms with Crippen molar-refractivity contribution < 1.29 is 9.53 Å². The molecule has 0 bridgehead atoms. The van der Waals surface area contributed by atoms with Crippen LogP contribution in [0.4, 0.5) is 0 Å². The minimum absolute atomic E-state index is 0.186. The third kappa shape index (κ3) is 4.26. The van der Waals surface area contributed by atoms with Crippen molar-refractivity contribution in [1.29, 1.82) is 0 Å². The van der Waals surface area contributed by atoms with Gasteiger partial charge in [0.1, 0.15) is 0 Å². The number of fused-ring (bicyclic) bond motifs is 1. The fourth-order valence-electron chi connectivity index (χ4n) is 3.68. The third-order valence-electron chi connectivity index (χ3n) is 5.28. The van der Waals surface area contributed by atoms with E-state index in [2.05, 4.69) is 15.0 Å². The van der Waals surface area contributed by atoms with Gasteiger partial charge in [-0.15, -0.1) is 0 Å². The minimum Gasteiger partial charge on any atom is -0.381 e. The van der Waals surface area contributed by atoms with Crippen molar-refractivity contribution in [3.8, 4) is 11.3 Å². The molecule has 0 N–H and O–H groups in total. The molecule has 7 heteroatoms. The summed E-state index contributed by atoms with van der Waals surface area (Å²) in [5.41, 5.74) is 3.45. The van der Waals surface area contributed by atoms with Crippen molar-refractivity contribution >= 4 is 16.7 Å². The van der Waals surface area contributed by atoms with Crippen LogP contribution in [0.3, 0.4) is 0 Å². The van der Waals surface area contributed by atoms with E-state index in [-0.39, 0.29) is 5.78 Å². The first kappa shape index (κ1) is 18.7. The van der Waals surface area contributed by atoms with E-state index < -0.39 is 0 Å². The molecule has 0 radical (unpaired) electrons. The first-order chi connectivity index (χ1) is 13.6. The topological polar surface area (TPSA) is 73.1 Å². The Morgan fingerprint density at radius 1 is 1.25 bits per heavy atom. The molecule has 0 unspecified atom stereocenters. The number of Topliss-reactive ketones (excluding diaryl/α,β-unsaturated/α-hetero) is 1. The van der Waals surface area contributed by atoms with Gasteiger partial charge in [0, 0.05) is 56.3 Å². The number of carbonyl (C=O) groups is 1. The smallest absolute Gasteiger partial charge is 0.152 e. The number of hydrogen-bond donors (Lipinski definition) is 0. The summed E-state index contributed by atoms with van der Waals surface area (Å²) in [6.07, 6.45) is 8.16. The molecular formula is C21H25N5O2. The molecule has 1 aliphatic rings. The Morgan fingerprint density at radius 3 is 2.79 bits per heavy atom. The molecule has 0 aromatic carbocycles. The Kier molecular flexibility index (Phi) is 5.45. The van der Waals surface area contributed by atoms with E-state index in [1.54, 1.807) is 24.2 Å². The van der Waals surface area contributed by atoms with E-state index in [1.165, 1.54) is 0 Å². The lowest BCUT2D eigenvalue weighted by Crippen LogP contribution is -2.39. The molecule has 0 spiro atoms. The molecule has 0 amide bonds. The quantitative estimate of drug-likeness (QED) is 0.654. The van der Waals surface area contributed by atoms with Crippen LogP contribution in [-0.2, 0) is 23.0 Å². The molecule has 3 aromatic heterocycles. The number of likely N-dealkylation sites (tertiary alicyclic amines) is 1. The summed E-state index contributed by atoms with van der Waals surface area (Å²) in [5, 5.41) is 5.17. The molecule has 1 aliphatic heterocycles. The van der Waals surface area contributed by atoms with Gasteiger partial charge in [0.2, 0.25) is 0 Å². The monoisotopic (exact) mass is 379 g/mol. The summed E-state index contributed by atoms with van der Waals surface area (Å²) in [6, 6.07) is 5.89. The van der Waals surface area contributed by atoms with Crippen molar-refractivity contribution in [3.05, 3.63) is 42.5 Å². The van der Waals surface area contributed by atoms with Crippen LogP contribution >= 0.6 is 0 Å². The Hall–Kier alpha value is -2.64. The lowest BCUT2D eigenvalue weighted by Gasteiger charge is -2.30. The fourth-order valence-corrected chi connectivity index (χ4v) is 3.68. The molecule has 146 valence electrons. The van der Waals surface area contributed by atoms with Crippen LogP contribution in [-0.4, -0.2) is 63.3 Å². The summed E-state index contributed by atoms with van der Waals surface area (Å²) in [6.45, 7) is 2.29. The Morgan fingerprint density at radius 2 is 2.07 bits per heavy atom. The predicted octanol–water partition coefficient (Wildman–Crippen LogP) is 2.25. The average molecular weight is 379 g/mol. The third-order valence-corrected chi connectivity index (χ3v) is 5.28. The van der Waals surface area contributed by atoms with E-state index in [9.17, 15) is 4.79 Å². The van der Waals surface area contributed by atoms with Crippen LogP contribution in [0.2, 0.25) is 0 Å². The zero-order valence-corrected chi connectivity index (χ0v) is 16.3. The maximum absolute atomic E-state index is 12.5. The molecule has 1 saturated heterocycles. The van der Waals surface area contributed by atoms with Gasteiger partial charge in [-0.05, 0) is 31.0 Å². The van der Waals surface area contributed by atoms with Crippen LogP contribution in [0.15, 0.2) is 36.8 Å². The summed E-state index contributed by atoms with van der Waals surface area (Å²) in [5.74, 6) is 0.186. The van der Waals surface area contributed by atoms with Crippen LogP contribution in [0.5, 0.6) is 0 Å². The van der Waals surface area contributed by atoms with Gasteiger partial charge in [0.25, 0.3) is 0 Å². The largest absolute Gasteiger partial charge is 0.381 e. The van der Waals surface area contributed by atoms with Crippen LogP contribution in [0.1, 0.15) is 18.5 Å². The molecule has 1 fully saturated rings. The van der Waals surface area contributed by atoms with Gasteiger partial charge in [-0.3, -0.25) is 19.4 Å². The number of ketones is 1. The second-order valence-corrected chi connectivity index (χ2v) is 7.39. The van der Waals surface area contributed by atoms with E-state index in [0.29, 0.717) is 19.1 Å². The normalized spacial score (nSPS) is 15.9. The molecule has 4 heterocycles. The number of rotatable bonds is 6. The van der Waals surface area contributed by atoms with Crippen molar-refractivity contribution in [2.75, 3.05) is 26.7 Å². The zero-order valence-electron chi connectivity index (χ0n) is 16.3. The van der Waals surface area contributed by atoms with E-state index in [1.807, 2.05) is 31.4 Å². The number of hydrogen-bond acceptors (Lipinski definition) is 6. The summed E-state index contributed by atoms with van der Waals surface area (Å²) < 4.78 is 7.15. The predicted molar refractivity (Wildman–Crippen MR) is 107 cm³/mol. The molecule has 4 rings (SSSR count). The number of carbonyl (C=O) groups excluding carboxylic acids is 1. The Labute approximate surface area is 164 Å². The first-order valence-corrected chi connectivity index (χ1v) is 9.62. The van der Waals surface area contributed by atoms with Crippen LogP contribution in [0, 0.1) is 0 Å². The molecule has 28 heavy (non-hydrogen) atoms. The van der Waals surface area contributed by atoms with Gasteiger partial charge < -0.3 is 4.74 Å². The Bertz CT molecular complexity index is 976. The van der Waals surface area contributed by atoms with Gasteiger partial charge in [0.15, 0.2) is 5.78 Å². The zero-order chi connectivity index (χ0) is 19.5. The highest BCUT2D eigenvalue weighted by Crippen LogP contribution is 2.21. The molecular weight excluding hydrogens is 354 g/mol. The minimum atomic E-state index is 0.186. The number of ether oxygens (including phenoxy) is 1. The van der Waals surface area contributed by atoms with Gasteiger partial charge in [0.05, 0.1) is 36.5 Å². The average Bonchev–Trinajstić information content (AvgIpc) is 3.14. The molecule has 7 nitrogen and oxygen atoms in total. The highest BCUT2D eigenvalue weighted by Gasteiger charge is 2.20. The van der Waals surface area contributed by atoms with Crippen molar-refractivity contribution in [2.24, 2.45) is 7.05 Å². The Balaban J connectivity index is 1.44. The second kappa shape index (κ2) is 8.16. The standard InChI is InChI=1S/C21H25N5O2/c1-25-13-16(12-23-25)20-4-3-15-11-22-17(10-21(15)24-20)9-18(27)14-26-7-5-19(28-2)6-8-26/h3-4,10-13,19H,5-9,14H2,1-2H3. The van der Waals surface area contributed by atoms with Gasteiger partial charge >= 0.3 is 0 Å². The number of nitrogens with zero attached hydrogens (tertiary/aromatic N) is 5. The number of piperidine rings is 1. The lowest BCUT2D eigenvalue weighted by molar-refractivity contribution is -0.120. The van der Waals surface area contributed by atoms with Crippen LogP contribution < -0.4 is 0 Å². The number of aromatic nitrogens is 4. The first-order valence-electron chi connectivity index (χ1n) is 9.62. The number of pyridine rings is 2. The summed E-state index contributed by atoms with van der Waals surface area (Å²) in [7, 11) is 3.64. The van der Waals surface area contributed by atoms with Gasteiger partial charge in [-0.25, -0.2) is 4.98 Å². The second-order valence-electron chi connectivity index (χ2n) is 7.39. The van der Waals surface area contributed by atoms with E-state index in [4.69, 9.17) is 9.72 Å². The molecule has 0 saturated carbocycles. The van der Waals surface area contributed by atoms with Crippen LogP contribution in [0.25, 0.3) is 22.2 Å². The van der Waals surface area contributed by atoms with Gasteiger partial charge in [-0.1, -0.05) is 0 Å². The molecule has 0 aliphatic carbocycles. The number of aryl methyl sites for hydroxylation is 1. The maximum Gasteiger partial charge on any atom is 0.152 e. The SMILES string of the molecule is COC1CCN(CC(=O)Cc2cc3nc(-c4cnn(C)c4)ccc3cn2)CC1. The fraction of sp³-hybridized carbons (Fsp3) is 0.429. The lowest BCUT2D eigenvalue weighted by atomic mass is 10.1. The molecule has 3 aromatic rings. The van der Waals surface area contributed by atoms with Crippen molar-refractivity contribution in [1.82, 2.24) is 24.6 Å². The van der Waals surface area contributed by atoms with Crippen molar-refractivity contribution in [3.63, 3.8) is 0 Å². The highest BCUT2D eigenvalue weighted by atomic mass is 16.5. The van der Waals surface area contributed by atoms with E-state index in [0.717, 1.165) is 53.8 Å². The highest BCUT2D eigenvalue weighted by molar-refractivity contribution is 5.85. The van der Waals surface area contributed by atoms with Crippen molar-refractivity contribution in [2.45, 2.75) is 25.4 Å². The van der Waals surface area contributed by atoms with E-state index >= 15 is 0 Å².